The standard InChI is InChI=1S/C13H15.2CH3.Hf/c1-3-10-8-12-7-5-6-11(4-2)13(12)9-10;;;/h5-9H,3-4H2,1-2H3;2*1H3;. The van der Waals surface area contributed by atoms with E-state index >= 15 is 0 Å². The number of hydrogen-bond acceptors (Lipinski definition) is 0. The van der Waals surface area contributed by atoms with Gasteiger partial charge in [0.2, 0.25) is 0 Å². The molecule has 2 rings (SSSR count). The SMILES string of the molecule is CCC1=Cc2c(CC)cccc2[CH]1[Hf]([CH3])[CH3]. The average Bonchev–Trinajstić information content (AvgIpc) is 2.66. The normalized spacial score (nSPS) is 18.2. The van der Waals surface area contributed by atoms with Crippen molar-refractivity contribution >= 4 is 6.08 Å². The summed E-state index contributed by atoms with van der Waals surface area (Å²) >= 11 is -1.35. The van der Waals surface area contributed by atoms with Crippen molar-refractivity contribution in [1.82, 2.24) is 0 Å². The summed E-state index contributed by atoms with van der Waals surface area (Å²) in [5.41, 5.74) is 6.47. The van der Waals surface area contributed by atoms with E-state index in [-0.39, 0.29) is 0 Å². The predicted octanol–water partition coefficient (Wildman–Crippen LogP) is 4.81. The zero-order valence-electron chi connectivity index (χ0n) is 10.8. The van der Waals surface area contributed by atoms with Crippen LogP contribution in [0.25, 0.3) is 6.08 Å². The molecule has 0 saturated heterocycles. The zero-order chi connectivity index (χ0) is 11.7. The van der Waals surface area contributed by atoms with Crippen LogP contribution in [0.5, 0.6) is 0 Å². The summed E-state index contributed by atoms with van der Waals surface area (Å²) < 4.78 is 5.97. The van der Waals surface area contributed by atoms with Crippen molar-refractivity contribution in [3.63, 3.8) is 0 Å². The molecule has 0 aromatic heterocycles. The van der Waals surface area contributed by atoms with Crippen LogP contribution in [0.4, 0.5) is 0 Å². The van der Waals surface area contributed by atoms with Crippen molar-refractivity contribution < 1.29 is 21.4 Å². The molecule has 1 aromatic carbocycles. The van der Waals surface area contributed by atoms with Crippen LogP contribution < -0.4 is 0 Å². The molecule has 16 heavy (non-hydrogen) atoms. The summed E-state index contributed by atoms with van der Waals surface area (Å²) in [4.78, 5) is 0. The summed E-state index contributed by atoms with van der Waals surface area (Å²) in [6, 6.07) is 6.92. The number of benzene rings is 1. The first-order valence-electron chi connectivity index (χ1n) is 6.31. The molecule has 0 bridgehead atoms. The second kappa shape index (κ2) is 5.00. The topological polar surface area (TPSA) is 0 Å². The van der Waals surface area contributed by atoms with Crippen molar-refractivity contribution in [1.29, 1.82) is 0 Å². The van der Waals surface area contributed by atoms with Crippen molar-refractivity contribution in [2.45, 2.75) is 39.7 Å². The molecule has 0 aliphatic heterocycles. The molecule has 85 valence electrons. The van der Waals surface area contributed by atoms with E-state index < -0.39 is 21.4 Å². The molecule has 1 aromatic rings. The molecule has 0 heterocycles. The van der Waals surface area contributed by atoms with Crippen molar-refractivity contribution in [2.24, 2.45) is 0 Å². The van der Waals surface area contributed by atoms with Gasteiger partial charge in [0.25, 0.3) is 0 Å². The molecule has 1 aliphatic carbocycles. The first-order valence-corrected chi connectivity index (χ1v) is 15.6. The molecule has 0 radical (unpaired) electrons. The van der Waals surface area contributed by atoms with Gasteiger partial charge in [-0.25, -0.2) is 0 Å². The van der Waals surface area contributed by atoms with Gasteiger partial charge in [-0.3, -0.25) is 0 Å². The Kier molecular flexibility index (Phi) is 3.84. The second-order valence-corrected chi connectivity index (χ2v) is 14.7. The first kappa shape index (κ1) is 12.3. The Bertz CT molecular complexity index is 415. The number of fused-ring (bicyclic) bond motifs is 1. The molecular weight excluding hydrogens is 359 g/mol. The minimum absolute atomic E-state index is 0.872. The van der Waals surface area contributed by atoms with Gasteiger partial charge in [-0.05, 0) is 0 Å². The molecule has 0 fully saturated rings. The van der Waals surface area contributed by atoms with E-state index in [2.05, 4.69) is 47.5 Å². The van der Waals surface area contributed by atoms with Crippen molar-refractivity contribution in [3.05, 3.63) is 40.5 Å². The van der Waals surface area contributed by atoms with E-state index in [1.54, 1.807) is 22.3 Å². The van der Waals surface area contributed by atoms with Crippen LogP contribution in [0, 0.1) is 0 Å². The van der Waals surface area contributed by atoms with Crippen molar-refractivity contribution in [3.8, 4) is 0 Å². The van der Waals surface area contributed by atoms with Crippen molar-refractivity contribution in [2.75, 3.05) is 0 Å². The Morgan fingerprint density at radius 1 is 1.12 bits per heavy atom. The predicted molar refractivity (Wildman–Crippen MR) is 68.6 cm³/mol. The summed E-state index contributed by atoms with van der Waals surface area (Å²) in [6.07, 6.45) is 4.90. The fourth-order valence-corrected chi connectivity index (χ4v) is 9.66. The van der Waals surface area contributed by atoms with E-state index in [0.717, 1.165) is 10.1 Å². The monoisotopic (exact) mass is 381 g/mol. The average molecular weight is 380 g/mol. The summed E-state index contributed by atoms with van der Waals surface area (Å²) in [5, 5.41) is 0. The van der Waals surface area contributed by atoms with Gasteiger partial charge >= 0.3 is 108 Å². The number of hydrogen-bond donors (Lipinski definition) is 0. The molecular formula is C15H21Hf. The number of allylic oxidation sites excluding steroid dienone is 1. The van der Waals surface area contributed by atoms with Crippen LogP contribution in [-0.2, 0) is 27.9 Å². The van der Waals surface area contributed by atoms with E-state index in [0.29, 0.717) is 0 Å². The van der Waals surface area contributed by atoms with E-state index in [1.165, 1.54) is 6.42 Å². The molecule has 0 spiro atoms. The van der Waals surface area contributed by atoms with E-state index in [1.807, 2.05) is 0 Å². The summed E-state index contributed by atoms with van der Waals surface area (Å²) in [5.74, 6) is 0. The minimum atomic E-state index is -1.35. The quantitative estimate of drug-likeness (QED) is 0.661. The van der Waals surface area contributed by atoms with Gasteiger partial charge in [0.15, 0.2) is 0 Å². The Hall–Kier alpha value is -0.170. The molecule has 0 N–H and O–H groups in total. The fraction of sp³-hybridized carbons (Fsp3) is 0.467. The third kappa shape index (κ3) is 1.99. The molecule has 0 amide bonds. The Balaban J connectivity index is 2.53. The van der Waals surface area contributed by atoms with Gasteiger partial charge in [0, 0.05) is 0 Å². The molecule has 1 heteroatoms. The van der Waals surface area contributed by atoms with E-state index in [9.17, 15) is 0 Å². The Morgan fingerprint density at radius 3 is 2.44 bits per heavy atom. The van der Waals surface area contributed by atoms with Gasteiger partial charge in [-0.15, -0.1) is 0 Å². The number of rotatable bonds is 3. The number of aryl methyl sites for hydroxylation is 1. The molecule has 0 saturated carbocycles. The van der Waals surface area contributed by atoms with Gasteiger partial charge < -0.3 is 0 Å². The second-order valence-electron chi connectivity index (χ2n) is 4.86. The van der Waals surface area contributed by atoms with Crippen LogP contribution in [0.15, 0.2) is 23.8 Å². The zero-order valence-corrected chi connectivity index (χ0v) is 14.4. The van der Waals surface area contributed by atoms with Crippen LogP contribution in [0.3, 0.4) is 0 Å². The molecule has 0 nitrogen and oxygen atoms in total. The van der Waals surface area contributed by atoms with Gasteiger partial charge in [-0.1, -0.05) is 0 Å². The maximum absolute atomic E-state index is 2.55. The fourth-order valence-electron chi connectivity index (χ4n) is 2.83. The van der Waals surface area contributed by atoms with Crippen LogP contribution in [-0.4, -0.2) is 0 Å². The molecule has 1 atom stereocenters. The van der Waals surface area contributed by atoms with Gasteiger partial charge in [0.1, 0.15) is 0 Å². The Morgan fingerprint density at radius 2 is 1.88 bits per heavy atom. The molecule has 1 aliphatic rings. The van der Waals surface area contributed by atoms with Gasteiger partial charge in [0.05, 0.1) is 0 Å². The summed E-state index contributed by atoms with van der Waals surface area (Å²) in [7, 11) is 0. The van der Waals surface area contributed by atoms with E-state index in [4.69, 9.17) is 0 Å². The van der Waals surface area contributed by atoms with Crippen LogP contribution in [0.2, 0.25) is 9.36 Å². The first-order chi connectivity index (χ1) is 7.69. The maximum atomic E-state index is 2.55. The van der Waals surface area contributed by atoms with Crippen LogP contribution in [0.1, 0.15) is 40.6 Å². The van der Waals surface area contributed by atoms with Gasteiger partial charge in [-0.2, -0.15) is 0 Å². The summed E-state index contributed by atoms with van der Waals surface area (Å²) in [6.45, 7) is 4.58. The Labute approximate surface area is 107 Å². The third-order valence-corrected chi connectivity index (χ3v) is 10.2. The molecule has 1 unspecified atom stereocenters. The third-order valence-electron chi connectivity index (χ3n) is 3.61. The van der Waals surface area contributed by atoms with Crippen LogP contribution >= 0.6 is 0 Å².